The number of halogens is 2. The van der Waals surface area contributed by atoms with Crippen molar-refractivity contribution in [3.8, 4) is 0 Å². The van der Waals surface area contributed by atoms with Crippen LogP contribution in [0.5, 0.6) is 0 Å². The fourth-order valence-corrected chi connectivity index (χ4v) is 4.67. The van der Waals surface area contributed by atoms with Crippen LogP contribution >= 0.6 is 0 Å². The largest absolute Gasteiger partial charge is 0.444 e. The summed E-state index contributed by atoms with van der Waals surface area (Å²) < 4.78 is 35.5. The number of ether oxygens (including phenoxy) is 1. The molecule has 194 valence electrons. The van der Waals surface area contributed by atoms with Gasteiger partial charge in [0.05, 0.1) is 18.8 Å². The number of amides is 1. The summed E-state index contributed by atoms with van der Waals surface area (Å²) in [7, 11) is 2.12. The quantitative estimate of drug-likeness (QED) is 0.542. The van der Waals surface area contributed by atoms with Gasteiger partial charge in [0.25, 0.3) is 0 Å². The van der Waals surface area contributed by atoms with E-state index in [9.17, 15) is 9.59 Å². The molecule has 9 nitrogen and oxygen atoms in total. The molecule has 3 aliphatic heterocycles. The van der Waals surface area contributed by atoms with Gasteiger partial charge in [-0.15, -0.1) is 0 Å². The van der Waals surface area contributed by atoms with Crippen molar-refractivity contribution in [1.29, 1.82) is 0 Å². The summed E-state index contributed by atoms with van der Waals surface area (Å²) in [5, 5.41) is 1.88. The van der Waals surface area contributed by atoms with E-state index < -0.39 is 23.8 Å². The van der Waals surface area contributed by atoms with Crippen LogP contribution in [0.4, 0.5) is 25.0 Å². The van der Waals surface area contributed by atoms with Gasteiger partial charge in [-0.1, -0.05) is 0 Å². The Morgan fingerprint density at radius 1 is 1.03 bits per heavy atom. The second kappa shape index (κ2) is 11.6. The molecule has 0 saturated carbocycles. The van der Waals surface area contributed by atoms with E-state index in [1.54, 1.807) is 4.90 Å². The van der Waals surface area contributed by atoms with E-state index in [-0.39, 0.29) is 30.1 Å². The van der Waals surface area contributed by atoms with Crippen LogP contribution in [0.1, 0.15) is 19.8 Å². The fourth-order valence-electron chi connectivity index (χ4n) is 4.67. The number of hydrogen-bond donors (Lipinski definition) is 0. The van der Waals surface area contributed by atoms with Crippen molar-refractivity contribution in [2.75, 3.05) is 88.9 Å². The molecule has 35 heavy (non-hydrogen) atoms. The Hall–Kier alpha value is -2.34. The average molecular weight is 496 g/mol. The Kier molecular flexibility index (Phi) is 8.53. The number of ketones is 1. The summed E-state index contributed by atoms with van der Waals surface area (Å²) in [6.07, 6.45) is -0.461. The lowest BCUT2D eigenvalue weighted by molar-refractivity contribution is -0.150. The predicted molar refractivity (Wildman–Crippen MR) is 128 cm³/mol. The number of Topliss-reactive ketones (excluding diaryl/α,β-unsaturated/α-hetero) is 1. The first-order valence-electron chi connectivity index (χ1n) is 12.3. The molecule has 0 radical (unpaired) electrons. The highest BCUT2D eigenvalue weighted by Gasteiger charge is 2.34. The number of nitrogens with zero attached hydrogens (tertiary/aromatic N) is 5. The molecule has 0 N–H and O–H groups in total. The molecule has 0 bridgehead atoms. The smallest absolute Gasteiger partial charge is 0.414 e. The molecule has 3 heterocycles. The molecule has 0 unspecified atom stereocenters. The maximum Gasteiger partial charge on any atom is 0.414 e. The molecule has 3 fully saturated rings. The van der Waals surface area contributed by atoms with Crippen LogP contribution in [0.15, 0.2) is 12.1 Å². The van der Waals surface area contributed by atoms with Crippen LogP contribution in [0.2, 0.25) is 0 Å². The molecule has 1 amide bonds. The van der Waals surface area contributed by atoms with E-state index in [0.717, 1.165) is 39.3 Å². The van der Waals surface area contributed by atoms with E-state index >= 15 is 8.78 Å². The van der Waals surface area contributed by atoms with E-state index in [0.29, 0.717) is 32.7 Å². The van der Waals surface area contributed by atoms with Gasteiger partial charge in [-0.25, -0.2) is 13.6 Å². The zero-order chi connectivity index (χ0) is 24.9. The normalized spacial score (nSPS) is 23.0. The minimum Gasteiger partial charge on any atom is -0.444 e. The number of anilines is 2. The van der Waals surface area contributed by atoms with Crippen molar-refractivity contribution < 1.29 is 27.9 Å². The Labute approximate surface area is 205 Å². The van der Waals surface area contributed by atoms with E-state index in [2.05, 4.69) is 16.8 Å². The summed E-state index contributed by atoms with van der Waals surface area (Å²) in [6, 6.07) is 2.34. The summed E-state index contributed by atoms with van der Waals surface area (Å²) in [5.41, 5.74) is -0.00193. The molecular weight excluding hydrogens is 460 g/mol. The van der Waals surface area contributed by atoms with E-state index in [1.165, 1.54) is 24.0 Å². The third-order valence-electron chi connectivity index (χ3n) is 6.84. The molecule has 0 aliphatic carbocycles. The number of piperazine rings is 1. The average Bonchev–Trinajstić information content (AvgIpc) is 3.03. The Bertz CT molecular complexity index is 889. The van der Waals surface area contributed by atoms with Crippen molar-refractivity contribution in [3.63, 3.8) is 0 Å². The van der Waals surface area contributed by atoms with Crippen LogP contribution in [-0.4, -0.2) is 112 Å². The molecular formula is C24H35F2N5O4. The molecule has 0 spiro atoms. The molecule has 1 aromatic carbocycles. The van der Waals surface area contributed by atoms with Crippen LogP contribution in [-0.2, 0) is 14.4 Å². The highest BCUT2D eigenvalue weighted by atomic mass is 19.1. The monoisotopic (exact) mass is 495 g/mol. The van der Waals surface area contributed by atoms with Crippen molar-refractivity contribution in [1.82, 2.24) is 14.9 Å². The highest BCUT2D eigenvalue weighted by Crippen LogP contribution is 2.32. The van der Waals surface area contributed by atoms with Gasteiger partial charge in [0.15, 0.2) is 11.6 Å². The lowest BCUT2D eigenvalue weighted by atomic mass is 10.1. The third-order valence-corrected chi connectivity index (χ3v) is 6.84. The van der Waals surface area contributed by atoms with Crippen molar-refractivity contribution >= 4 is 23.3 Å². The molecule has 1 aromatic rings. The third kappa shape index (κ3) is 6.66. The number of carbonyl (C=O) groups is 2. The number of cyclic esters (lactones) is 1. The second-order valence-electron chi connectivity index (χ2n) is 9.51. The van der Waals surface area contributed by atoms with Crippen LogP contribution in [0.25, 0.3) is 0 Å². The maximum atomic E-state index is 15.1. The maximum absolute atomic E-state index is 15.1. The topological polar surface area (TPSA) is 68.8 Å². The van der Waals surface area contributed by atoms with Gasteiger partial charge in [-0.05, 0) is 20.4 Å². The van der Waals surface area contributed by atoms with Crippen LogP contribution in [0, 0.1) is 11.6 Å². The van der Waals surface area contributed by atoms with Gasteiger partial charge >= 0.3 is 6.09 Å². The lowest BCUT2D eigenvalue weighted by Crippen LogP contribution is -2.47. The molecule has 3 aliphatic rings. The van der Waals surface area contributed by atoms with Crippen LogP contribution < -0.4 is 9.80 Å². The summed E-state index contributed by atoms with van der Waals surface area (Å²) in [4.78, 5) is 36.9. The van der Waals surface area contributed by atoms with Crippen molar-refractivity contribution in [3.05, 3.63) is 23.8 Å². The lowest BCUT2D eigenvalue weighted by Gasteiger charge is -2.33. The highest BCUT2D eigenvalue weighted by molar-refractivity contribution is 5.90. The van der Waals surface area contributed by atoms with Gasteiger partial charge in [-0.2, -0.15) is 5.06 Å². The van der Waals surface area contributed by atoms with Gasteiger partial charge in [0.1, 0.15) is 17.6 Å². The van der Waals surface area contributed by atoms with Gasteiger partial charge in [0.2, 0.25) is 0 Å². The number of likely N-dealkylation sites (N-methyl/N-ethyl adjacent to an activating group) is 1. The molecule has 1 atom stereocenters. The number of rotatable bonds is 8. The zero-order valence-corrected chi connectivity index (χ0v) is 20.5. The summed E-state index contributed by atoms with van der Waals surface area (Å²) in [5.74, 6) is -1.46. The fraction of sp³-hybridized carbons (Fsp3) is 0.667. The Morgan fingerprint density at radius 3 is 2.43 bits per heavy atom. The molecule has 11 heteroatoms. The number of hydrogen-bond acceptors (Lipinski definition) is 8. The first-order valence-corrected chi connectivity index (χ1v) is 12.3. The molecule has 3 saturated heterocycles. The summed E-state index contributed by atoms with van der Waals surface area (Å²) >= 11 is 0. The number of hydroxylamine groups is 2. The van der Waals surface area contributed by atoms with Crippen molar-refractivity contribution in [2.45, 2.75) is 25.9 Å². The van der Waals surface area contributed by atoms with E-state index in [1.807, 2.05) is 5.06 Å². The minimum absolute atomic E-state index is 0.000245. The molecule has 4 rings (SSSR count). The standard InChI is InChI=1S/C24H35F2N5O4/c1-18(32)3-4-20-17-31(24(33)35-20)19-15-21(25)23(22(26)16-19)29-10-12-30(34-14-13-29)11-9-28-7-5-27(2)6-8-28/h15-16,20H,3-14,17H2,1-2H3/t20-/m0/s1. The van der Waals surface area contributed by atoms with Gasteiger partial charge < -0.3 is 19.3 Å². The zero-order valence-electron chi connectivity index (χ0n) is 20.5. The first kappa shape index (κ1) is 25.7. The second-order valence-corrected chi connectivity index (χ2v) is 9.51. The van der Waals surface area contributed by atoms with E-state index in [4.69, 9.17) is 9.57 Å². The van der Waals surface area contributed by atoms with Gasteiger partial charge in [-0.3, -0.25) is 14.6 Å². The predicted octanol–water partition coefficient (Wildman–Crippen LogP) is 1.96. The Morgan fingerprint density at radius 2 is 1.74 bits per heavy atom. The summed E-state index contributed by atoms with van der Waals surface area (Å²) in [6.45, 7) is 9.07. The van der Waals surface area contributed by atoms with Gasteiger partial charge in [0, 0.05) is 77.5 Å². The number of carbonyl (C=O) groups excluding carboxylic acids is 2. The molecule has 0 aromatic heterocycles. The minimum atomic E-state index is -0.731. The number of benzene rings is 1. The van der Waals surface area contributed by atoms with Crippen molar-refractivity contribution in [2.24, 2.45) is 0 Å². The SMILES string of the molecule is CC(=O)CC[C@H]1CN(c2cc(F)c(N3CCON(CCN4CCN(C)CC4)CC3)c(F)c2)C(=O)O1. The van der Waals surface area contributed by atoms with Crippen LogP contribution in [0.3, 0.4) is 0 Å². The Balaban J connectivity index is 1.34. The first-order chi connectivity index (χ1) is 16.8.